The van der Waals surface area contributed by atoms with E-state index in [1.807, 2.05) is 0 Å². The SMILES string of the molecule is Fc1c(Br)cccc1C(F)(F)C(F)(F)F. The molecule has 0 amide bonds. The van der Waals surface area contributed by atoms with Crippen LogP contribution in [0.2, 0.25) is 0 Å². The van der Waals surface area contributed by atoms with Gasteiger partial charge in [-0.3, -0.25) is 0 Å². The molecule has 0 aliphatic rings. The second kappa shape index (κ2) is 3.70. The van der Waals surface area contributed by atoms with E-state index < -0.39 is 28.0 Å². The van der Waals surface area contributed by atoms with Gasteiger partial charge in [0, 0.05) is 0 Å². The Morgan fingerprint density at radius 2 is 1.53 bits per heavy atom. The first kappa shape index (κ1) is 12.4. The van der Waals surface area contributed by atoms with E-state index in [4.69, 9.17) is 0 Å². The van der Waals surface area contributed by atoms with Gasteiger partial charge >= 0.3 is 12.1 Å². The van der Waals surface area contributed by atoms with Crippen LogP contribution in [0, 0.1) is 5.82 Å². The second-order valence-electron chi connectivity index (χ2n) is 2.67. The van der Waals surface area contributed by atoms with E-state index in [1.165, 1.54) is 0 Å². The maximum atomic E-state index is 13.0. The summed E-state index contributed by atoms with van der Waals surface area (Å²) in [5.74, 6) is -6.80. The van der Waals surface area contributed by atoms with Crippen LogP contribution in [-0.4, -0.2) is 6.18 Å². The number of rotatable bonds is 1. The molecule has 0 spiro atoms. The van der Waals surface area contributed by atoms with Gasteiger partial charge in [0.1, 0.15) is 5.82 Å². The largest absolute Gasteiger partial charge is 0.458 e. The third-order valence-corrected chi connectivity index (χ3v) is 2.26. The normalized spacial score (nSPS) is 13.0. The van der Waals surface area contributed by atoms with Crippen molar-refractivity contribution in [2.45, 2.75) is 12.1 Å². The molecule has 0 nitrogen and oxygen atoms in total. The van der Waals surface area contributed by atoms with Crippen molar-refractivity contribution in [3.05, 3.63) is 34.1 Å². The highest BCUT2D eigenvalue weighted by Crippen LogP contribution is 2.45. The highest BCUT2D eigenvalue weighted by Gasteiger charge is 2.60. The molecule has 1 rings (SSSR count). The predicted octanol–water partition coefficient (Wildman–Crippen LogP) is 4.24. The van der Waals surface area contributed by atoms with E-state index in [9.17, 15) is 26.3 Å². The van der Waals surface area contributed by atoms with E-state index in [-0.39, 0.29) is 0 Å². The molecule has 0 aliphatic carbocycles. The summed E-state index contributed by atoms with van der Waals surface area (Å²) in [7, 11) is 0. The van der Waals surface area contributed by atoms with Gasteiger partial charge in [-0.05, 0) is 28.1 Å². The Bertz CT molecular complexity index is 370. The molecule has 0 saturated heterocycles. The van der Waals surface area contributed by atoms with Gasteiger partial charge in [0.25, 0.3) is 0 Å². The summed E-state index contributed by atoms with van der Waals surface area (Å²) in [6.07, 6.45) is -5.81. The van der Waals surface area contributed by atoms with Crippen molar-refractivity contribution in [1.82, 2.24) is 0 Å². The quantitative estimate of drug-likeness (QED) is 0.679. The summed E-state index contributed by atoms with van der Waals surface area (Å²) in [5, 5.41) is 0. The molecule has 0 unspecified atom stereocenters. The van der Waals surface area contributed by atoms with Gasteiger partial charge in [-0.1, -0.05) is 6.07 Å². The number of hydrogen-bond acceptors (Lipinski definition) is 0. The minimum Gasteiger partial charge on any atom is -0.205 e. The monoisotopic (exact) mass is 292 g/mol. The fourth-order valence-corrected chi connectivity index (χ4v) is 1.27. The zero-order chi connectivity index (χ0) is 11.9. The molecule has 84 valence electrons. The van der Waals surface area contributed by atoms with Gasteiger partial charge < -0.3 is 0 Å². The van der Waals surface area contributed by atoms with Crippen molar-refractivity contribution in [2.24, 2.45) is 0 Å². The lowest BCUT2D eigenvalue weighted by molar-refractivity contribution is -0.290. The minimum atomic E-state index is -5.81. The number of halogens is 7. The van der Waals surface area contributed by atoms with Crippen molar-refractivity contribution >= 4 is 15.9 Å². The van der Waals surface area contributed by atoms with Crippen LogP contribution in [0.4, 0.5) is 26.3 Å². The molecule has 15 heavy (non-hydrogen) atoms. The predicted molar refractivity (Wildman–Crippen MR) is 44.0 cm³/mol. The van der Waals surface area contributed by atoms with Gasteiger partial charge in [0.2, 0.25) is 0 Å². The first-order chi connectivity index (χ1) is 6.68. The van der Waals surface area contributed by atoms with Crippen molar-refractivity contribution in [2.75, 3.05) is 0 Å². The first-order valence-electron chi connectivity index (χ1n) is 3.57. The second-order valence-corrected chi connectivity index (χ2v) is 3.53. The van der Waals surface area contributed by atoms with E-state index in [1.54, 1.807) is 0 Å². The Morgan fingerprint density at radius 3 is 2.00 bits per heavy atom. The topological polar surface area (TPSA) is 0 Å². The Labute approximate surface area is 89.0 Å². The molecule has 0 fully saturated rings. The van der Waals surface area contributed by atoms with Gasteiger partial charge in [-0.2, -0.15) is 22.0 Å². The van der Waals surface area contributed by atoms with Crippen molar-refractivity contribution < 1.29 is 26.3 Å². The summed E-state index contributed by atoms with van der Waals surface area (Å²) >= 11 is 2.53. The van der Waals surface area contributed by atoms with Crippen LogP contribution in [-0.2, 0) is 5.92 Å². The van der Waals surface area contributed by atoms with Crippen LogP contribution in [0.25, 0.3) is 0 Å². The fraction of sp³-hybridized carbons (Fsp3) is 0.250. The standard InChI is InChI=1S/C8H3BrF6/c9-5-3-1-2-4(6(5)10)7(11,12)8(13,14)15/h1-3H. The molecule has 0 aliphatic heterocycles. The van der Waals surface area contributed by atoms with Crippen LogP contribution in [0.3, 0.4) is 0 Å². The van der Waals surface area contributed by atoms with E-state index >= 15 is 0 Å². The maximum absolute atomic E-state index is 13.0. The molecular formula is C8H3BrF6. The third-order valence-electron chi connectivity index (χ3n) is 1.65. The average Bonchev–Trinajstić information content (AvgIpc) is 2.07. The Balaban J connectivity index is 3.34. The van der Waals surface area contributed by atoms with Gasteiger partial charge in [0.05, 0.1) is 10.0 Å². The molecule has 7 heteroatoms. The molecule has 0 saturated carbocycles. The molecule has 1 aromatic rings. The maximum Gasteiger partial charge on any atom is 0.458 e. The lowest BCUT2D eigenvalue weighted by atomic mass is 10.1. The van der Waals surface area contributed by atoms with Crippen molar-refractivity contribution in [1.29, 1.82) is 0 Å². The van der Waals surface area contributed by atoms with Crippen molar-refractivity contribution in [3.8, 4) is 0 Å². The van der Waals surface area contributed by atoms with E-state index in [2.05, 4.69) is 15.9 Å². The summed E-state index contributed by atoms with van der Waals surface area (Å²) in [6.45, 7) is 0. The van der Waals surface area contributed by atoms with Gasteiger partial charge in [0.15, 0.2) is 0 Å². The molecule has 0 bridgehead atoms. The molecule has 0 atom stereocenters. The van der Waals surface area contributed by atoms with Crippen LogP contribution in [0.1, 0.15) is 5.56 Å². The Morgan fingerprint density at radius 1 is 1.00 bits per heavy atom. The van der Waals surface area contributed by atoms with Gasteiger partial charge in [-0.15, -0.1) is 0 Å². The van der Waals surface area contributed by atoms with Crippen molar-refractivity contribution in [3.63, 3.8) is 0 Å². The Kier molecular flexibility index (Phi) is 3.04. The van der Waals surface area contributed by atoms with Gasteiger partial charge in [-0.25, -0.2) is 4.39 Å². The first-order valence-corrected chi connectivity index (χ1v) is 4.36. The molecule has 0 N–H and O–H groups in total. The molecular weight excluding hydrogens is 290 g/mol. The minimum absolute atomic E-state index is 0.396. The fourth-order valence-electron chi connectivity index (χ4n) is 0.899. The molecule has 0 radical (unpaired) electrons. The average molecular weight is 293 g/mol. The van der Waals surface area contributed by atoms with E-state index in [0.717, 1.165) is 12.1 Å². The van der Waals surface area contributed by atoms with Crippen LogP contribution >= 0.6 is 15.9 Å². The van der Waals surface area contributed by atoms with Crippen LogP contribution in [0.15, 0.2) is 22.7 Å². The van der Waals surface area contributed by atoms with Crippen LogP contribution in [0.5, 0.6) is 0 Å². The highest BCUT2D eigenvalue weighted by molar-refractivity contribution is 9.10. The Hall–Kier alpha value is -0.720. The zero-order valence-corrected chi connectivity index (χ0v) is 8.46. The number of benzene rings is 1. The molecule has 0 heterocycles. The summed E-state index contributed by atoms with van der Waals surface area (Å²) < 4.78 is 73.7. The van der Waals surface area contributed by atoms with Crippen LogP contribution < -0.4 is 0 Å². The number of alkyl halides is 5. The zero-order valence-electron chi connectivity index (χ0n) is 6.88. The lowest BCUT2D eigenvalue weighted by Crippen LogP contribution is -2.34. The highest BCUT2D eigenvalue weighted by atomic mass is 79.9. The number of hydrogen-bond donors (Lipinski definition) is 0. The molecule has 0 aromatic heterocycles. The third kappa shape index (κ3) is 2.11. The molecule has 1 aromatic carbocycles. The smallest absolute Gasteiger partial charge is 0.205 e. The summed E-state index contributed by atoms with van der Waals surface area (Å²) in [4.78, 5) is 0. The van der Waals surface area contributed by atoms with E-state index in [0.29, 0.717) is 6.07 Å². The lowest BCUT2D eigenvalue weighted by Gasteiger charge is -2.20. The summed E-state index contributed by atoms with van der Waals surface area (Å²) in [6, 6.07) is 2.33. The summed E-state index contributed by atoms with van der Waals surface area (Å²) in [5.41, 5.74) is -1.69.